The summed E-state index contributed by atoms with van der Waals surface area (Å²) in [7, 11) is 0. The van der Waals surface area contributed by atoms with E-state index in [1.165, 1.54) is 0 Å². The number of amides is 2. The van der Waals surface area contributed by atoms with E-state index in [1.54, 1.807) is 12.1 Å². The van der Waals surface area contributed by atoms with Crippen molar-refractivity contribution in [3.05, 3.63) is 59.9 Å². The van der Waals surface area contributed by atoms with Crippen molar-refractivity contribution in [2.45, 2.75) is 25.4 Å². The quantitative estimate of drug-likeness (QED) is 0.749. The molecule has 1 aliphatic heterocycles. The standard InChI is InChI=1S/C22H27N5O2/c28-21(25-20-7-2-1-6-19(20)22(29)24-17-8-9-17)16-27-13-11-26(12-14-27)15-18-5-3-4-10-23-18/h1-7,10,17H,8-9,11-16H2,(H,24,29)(H,25,28). The minimum Gasteiger partial charge on any atom is -0.349 e. The number of pyridine rings is 1. The van der Waals surface area contributed by atoms with Crippen LogP contribution >= 0.6 is 0 Å². The Morgan fingerprint density at radius 2 is 1.69 bits per heavy atom. The van der Waals surface area contributed by atoms with Gasteiger partial charge in [0.1, 0.15) is 0 Å². The molecule has 1 aromatic carbocycles. The molecule has 1 aromatic heterocycles. The van der Waals surface area contributed by atoms with Crippen molar-refractivity contribution in [3.63, 3.8) is 0 Å². The maximum atomic E-state index is 12.6. The van der Waals surface area contributed by atoms with Crippen LogP contribution in [0.4, 0.5) is 5.69 Å². The van der Waals surface area contributed by atoms with Gasteiger partial charge in [-0.15, -0.1) is 0 Å². The van der Waals surface area contributed by atoms with E-state index in [0.717, 1.165) is 51.3 Å². The Balaban J connectivity index is 1.26. The summed E-state index contributed by atoms with van der Waals surface area (Å²) < 4.78 is 0. The van der Waals surface area contributed by atoms with Gasteiger partial charge in [-0.2, -0.15) is 0 Å². The highest BCUT2D eigenvalue weighted by Crippen LogP contribution is 2.21. The van der Waals surface area contributed by atoms with Crippen LogP contribution in [0.25, 0.3) is 0 Å². The topological polar surface area (TPSA) is 77.6 Å². The highest BCUT2D eigenvalue weighted by Gasteiger charge is 2.25. The molecular weight excluding hydrogens is 366 g/mol. The molecule has 0 spiro atoms. The normalized spacial score (nSPS) is 17.7. The van der Waals surface area contributed by atoms with Crippen molar-refractivity contribution in [2.75, 3.05) is 38.0 Å². The molecule has 2 N–H and O–H groups in total. The van der Waals surface area contributed by atoms with Gasteiger partial charge in [-0.25, -0.2) is 0 Å². The minimum absolute atomic E-state index is 0.0881. The van der Waals surface area contributed by atoms with E-state index in [2.05, 4.69) is 25.4 Å². The SMILES string of the molecule is O=C(CN1CCN(Cc2ccccn2)CC1)Nc1ccccc1C(=O)NC1CC1. The van der Waals surface area contributed by atoms with E-state index >= 15 is 0 Å². The molecule has 2 aliphatic rings. The lowest BCUT2D eigenvalue weighted by molar-refractivity contribution is -0.117. The molecule has 0 radical (unpaired) electrons. The van der Waals surface area contributed by atoms with Crippen molar-refractivity contribution in [1.82, 2.24) is 20.1 Å². The molecule has 152 valence electrons. The van der Waals surface area contributed by atoms with Crippen LogP contribution < -0.4 is 10.6 Å². The van der Waals surface area contributed by atoms with Crippen molar-refractivity contribution < 1.29 is 9.59 Å². The predicted molar refractivity (Wildman–Crippen MR) is 112 cm³/mol. The second kappa shape index (κ2) is 9.15. The second-order valence-electron chi connectivity index (χ2n) is 7.71. The van der Waals surface area contributed by atoms with Crippen LogP contribution in [0.1, 0.15) is 28.9 Å². The molecular formula is C22H27N5O2. The molecule has 4 rings (SSSR count). The number of hydrogen-bond donors (Lipinski definition) is 2. The van der Waals surface area contributed by atoms with E-state index in [-0.39, 0.29) is 17.9 Å². The third-order valence-corrected chi connectivity index (χ3v) is 5.30. The van der Waals surface area contributed by atoms with Crippen molar-refractivity contribution in [1.29, 1.82) is 0 Å². The highest BCUT2D eigenvalue weighted by molar-refractivity contribution is 6.04. The molecule has 0 unspecified atom stereocenters. The molecule has 2 amide bonds. The Kier molecular flexibility index (Phi) is 6.17. The lowest BCUT2D eigenvalue weighted by Gasteiger charge is -2.34. The lowest BCUT2D eigenvalue weighted by Crippen LogP contribution is -2.48. The number of hydrogen-bond acceptors (Lipinski definition) is 5. The first-order valence-electron chi connectivity index (χ1n) is 10.2. The summed E-state index contributed by atoms with van der Waals surface area (Å²) in [5, 5.41) is 5.90. The average molecular weight is 393 g/mol. The predicted octanol–water partition coefficient (Wildman–Crippen LogP) is 1.73. The van der Waals surface area contributed by atoms with Gasteiger partial charge in [0.15, 0.2) is 0 Å². The monoisotopic (exact) mass is 393 g/mol. The van der Waals surface area contributed by atoms with Gasteiger partial charge in [0.25, 0.3) is 5.91 Å². The van der Waals surface area contributed by atoms with Crippen LogP contribution in [-0.4, -0.2) is 65.4 Å². The number of rotatable bonds is 7. The van der Waals surface area contributed by atoms with Gasteiger partial charge in [0.2, 0.25) is 5.91 Å². The molecule has 2 heterocycles. The van der Waals surface area contributed by atoms with Crippen molar-refractivity contribution in [2.24, 2.45) is 0 Å². The zero-order valence-electron chi connectivity index (χ0n) is 16.5. The van der Waals surface area contributed by atoms with Crippen LogP contribution in [0, 0.1) is 0 Å². The van der Waals surface area contributed by atoms with Gasteiger partial charge in [-0.05, 0) is 37.1 Å². The number of aromatic nitrogens is 1. The number of nitrogens with zero attached hydrogens (tertiary/aromatic N) is 3. The van der Waals surface area contributed by atoms with Crippen molar-refractivity contribution >= 4 is 17.5 Å². The molecule has 7 nitrogen and oxygen atoms in total. The smallest absolute Gasteiger partial charge is 0.253 e. The number of para-hydroxylation sites is 1. The zero-order valence-corrected chi connectivity index (χ0v) is 16.5. The molecule has 7 heteroatoms. The van der Waals surface area contributed by atoms with E-state index in [9.17, 15) is 9.59 Å². The maximum Gasteiger partial charge on any atom is 0.253 e. The molecule has 29 heavy (non-hydrogen) atoms. The molecule has 1 saturated carbocycles. The Morgan fingerprint density at radius 1 is 0.966 bits per heavy atom. The Hall–Kier alpha value is -2.77. The summed E-state index contributed by atoms with van der Waals surface area (Å²) in [5.41, 5.74) is 2.16. The van der Waals surface area contributed by atoms with Gasteiger partial charge in [0, 0.05) is 45.0 Å². The summed E-state index contributed by atoms with van der Waals surface area (Å²) >= 11 is 0. The molecule has 0 bridgehead atoms. The third kappa shape index (κ3) is 5.62. The maximum absolute atomic E-state index is 12.6. The van der Waals surface area contributed by atoms with Gasteiger partial charge in [-0.1, -0.05) is 18.2 Å². The first-order valence-corrected chi connectivity index (χ1v) is 10.2. The number of anilines is 1. The van der Waals surface area contributed by atoms with E-state index in [1.807, 2.05) is 36.5 Å². The Bertz CT molecular complexity index is 845. The van der Waals surface area contributed by atoms with Gasteiger partial charge in [-0.3, -0.25) is 24.4 Å². The highest BCUT2D eigenvalue weighted by atomic mass is 16.2. The summed E-state index contributed by atoms with van der Waals surface area (Å²) in [5.74, 6) is -0.207. The lowest BCUT2D eigenvalue weighted by atomic mass is 10.1. The van der Waals surface area contributed by atoms with E-state index in [0.29, 0.717) is 17.8 Å². The number of nitrogens with one attached hydrogen (secondary N) is 2. The minimum atomic E-state index is -0.119. The van der Waals surface area contributed by atoms with Gasteiger partial charge < -0.3 is 10.6 Å². The van der Waals surface area contributed by atoms with Crippen molar-refractivity contribution in [3.8, 4) is 0 Å². The fourth-order valence-electron chi connectivity index (χ4n) is 3.50. The van der Waals surface area contributed by atoms with Gasteiger partial charge >= 0.3 is 0 Å². The summed E-state index contributed by atoms with van der Waals surface area (Å²) in [6, 6.07) is 13.4. The first-order chi connectivity index (χ1) is 14.2. The Morgan fingerprint density at radius 3 is 2.41 bits per heavy atom. The van der Waals surface area contributed by atoms with Crippen LogP contribution in [0.15, 0.2) is 48.7 Å². The fourth-order valence-corrected chi connectivity index (χ4v) is 3.50. The molecule has 1 aliphatic carbocycles. The largest absolute Gasteiger partial charge is 0.349 e. The number of benzene rings is 1. The second-order valence-corrected chi connectivity index (χ2v) is 7.71. The molecule has 2 fully saturated rings. The van der Waals surface area contributed by atoms with Crippen LogP contribution in [0.2, 0.25) is 0 Å². The average Bonchev–Trinajstić information content (AvgIpc) is 3.54. The molecule has 1 saturated heterocycles. The number of piperazine rings is 1. The first kappa shape index (κ1) is 19.5. The molecule has 0 atom stereocenters. The van der Waals surface area contributed by atoms with Gasteiger partial charge in [0.05, 0.1) is 23.5 Å². The Labute approximate surface area is 171 Å². The summed E-state index contributed by atoms with van der Waals surface area (Å²) in [6.45, 7) is 4.66. The number of carbonyl (C=O) groups is 2. The summed E-state index contributed by atoms with van der Waals surface area (Å²) in [4.78, 5) is 33.8. The fraction of sp³-hybridized carbons (Fsp3) is 0.409. The zero-order chi connectivity index (χ0) is 20.1. The van der Waals surface area contributed by atoms with Crippen LogP contribution in [-0.2, 0) is 11.3 Å². The van der Waals surface area contributed by atoms with Crippen LogP contribution in [0.5, 0.6) is 0 Å². The number of carbonyl (C=O) groups excluding carboxylic acids is 2. The third-order valence-electron chi connectivity index (χ3n) is 5.30. The van der Waals surface area contributed by atoms with E-state index in [4.69, 9.17) is 0 Å². The summed E-state index contributed by atoms with van der Waals surface area (Å²) in [6.07, 6.45) is 3.89. The van der Waals surface area contributed by atoms with E-state index < -0.39 is 0 Å². The molecule has 2 aromatic rings. The van der Waals surface area contributed by atoms with Crippen LogP contribution in [0.3, 0.4) is 0 Å².